The number of carbonyl (C=O) groups is 2. The Balaban J connectivity index is 1.30. The standard InChI is InChI=1S/C39H38N2O5/c42-38(40-24-23-30-13-5-1-6-14-30)35(41-39(43)46-29-33-19-11-4-12-20-33)25-34-21-22-36(44-27-31-15-7-2-8-16-31)37(26-34)45-28-32-17-9-3-10-18-32/h1-22,26,35H,23-25,27-29H2,(H,40,42)(H,41,43)/t35-/m0/s1. The van der Waals surface area contributed by atoms with Crippen LogP contribution in [0.1, 0.15) is 27.8 Å². The van der Waals surface area contributed by atoms with E-state index in [0.29, 0.717) is 37.7 Å². The highest BCUT2D eigenvalue weighted by Gasteiger charge is 2.23. The van der Waals surface area contributed by atoms with Crippen LogP contribution in [0.3, 0.4) is 0 Å². The molecule has 0 saturated carbocycles. The van der Waals surface area contributed by atoms with Gasteiger partial charge in [-0.3, -0.25) is 4.79 Å². The van der Waals surface area contributed by atoms with Crippen LogP contribution in [0.15, 0.2) is 140 Å². The first-order valence-corrected chi connectivity index (χ1v) is 15.4. The van der Waals surface area contributed by atoms with Crippen molar-refractivity contribution < 1.29 is 23.8 Å². The van der Waals surface area contributed by atoms with E-state index in [1.165, 1.54) is 0 Å². The Labute approximate surface area is 270 Å². The minimum absolute atomic E-state index is 0.0972. The van der Waals surface area contributed by atoms with Crippen LogP contribution in [0.2, 0.25) is 0 Å². The minimum atomic E-state index is -0.878. The van der Waals surface area contributed by atoms with Gasteiger partial charge in [-0.2, -0.15) is 0 Å². The normalized spacial score (nSPS) is 11.2. The lowest BCUT2D eigenvalue weighted by atomic mass is 10.0. The van der Waals surface area contributed by atoms with Gasteiger partial charge in [-0.05, 0) is 46.4 Å². The summed E-state index contributed by atoms with van der Waals surface area (Å²) >= 11 is 0. The molecular formula is C39H38N2O5. The second-order valence-electron chi connectivity index (χ2n) is 10.8. The third kappa shape index (κ3) is 10.3. The molecule has 0 fully saturated rings. The fraction of sp³-hybridized carbons (Fsp3) is 0.179. The molecule has 5 rings (SSSR count). The molecule has 5 aromatic carbocycles. The van der Waals surface area contributed by atoms with Gasteiger partial charge in [0.1, 0.15) is 25.9 Å². The van der Waals surface area contributed by atoms with Crippen LogP contribution < -0.4 is 20.1 Å². The molecule has 0 aliphatic heterocycles. The maximum absolute atomic E-state index is 13.4. The van der Waals surface area contributed by atoms with Crippen molar-refractivity contribution in [1.82, 2.24) is 10.6 Å². The summed E-state index contributed by atoms with van der Waals surface area (Å²) in [5.74, 6) is 0.832. The molecule has 0 spiro atoms. The summed E-state index contributed by atoms with van der Waals surface area (Å²) in [5.41, 5.74) is 4.81. The number of carbonyl (C=O) groups excluding carboxylic acids is 2. The molecule has 7 heteroatoms. The second-order valence-corrected chi connectivity index (χ2v) is 10.8. The average Bonchev–Trinajstić information content (AvgIpc) is 3.11. The van der Waals surface area contributed by atoms with Gasteiger partial charge in [-0.1, -0.05) is 127 Å². The fourth-order valence-corrected chi connectivity index (χ4v) is 4.83. The number of ether oxygens (including phenoxy) is 3. The third-order valence-electron chi connectivity index (χ3n) is 7.30. The number of rotatable bonds is 15. The van der Waals surface area contributed by atoms with Crippen molar-refractivity contribution in [2.24, 2.45) is 0 Å². The minimum Gasteiger partial charge on any atom is -0.485 e. The number of hydrogen-bond acceptors (Lipinski definition) is 5. The largest absolute Gasteiger partial charge is 0.485 e. The van der Waals surface area contributed by atoms with Gasteiger partial charge in [-0.25, -0.2) is 4.79 Å². The lowest BCUT2D eigenvalue weighted by Gasteiger charge is -2.20. The molecule has 0 bridgehead atoms. The van der Waals surface area contributed by atoms with Crippen LogP contribution in [-0.2, 0) is 42.2 Å². The maximum Gasteiger partial charge on any atom is 0.408 e. The van der Waals surface area contributed by atoms with E-state index in [4.69, 9.17) is 14.2 Å². The topological polar surface area (TPSA) is 85.9 Å². The summed E-state index contributed by atoms with van der Waals surface area (Å²) in [5, 5.41) is 5.75. The van der Waals surface area contributed by atoms with Gasteiger partial charge in [-0.15, -0.1) is 0 Å². The number of hydrogen-bond donors (Lipinski definition) is 2. The molecular weight excluding hydrogens is 576 g/mol. The Kier molecular flexibility index (Phi) is 11.8. The number of benzene rings is 5. The van der Waals surface area contributed by atoms with Crippen molar-refractivity contribution in [1.29, 1.82) is 0 Å². The van der Waals surface area contributed by atoms with Crippen LogP contribution in [0, 0.1) is 0 Å². The Bertz CT molecular complexity index is 1650. The lowest BCUT2D eigenvalue weighted by molar-refractivity contribution is -0.123. The Hall–Kier alpha value is -5.56. The Morgan fingerprint density at radius 1 is 0.543 bits per heavy atom. The SMILES string of the molecule is O=C(N[C@@H](Cc1ccc(OCc2ccccc2)c(OCc2ccccc2)c1)C(=O)NCCc1ccccc1)OCc1ccccc1. The van der Waals surface area contributed by atoms with Gasteiger partial charge >= 0.3 is 6.09 Å². The zero-order chi connectivity index (χ0) is 31.8. The van der Waals surface area contributed by atoms with Gasteiger partial charge in [0.25, 0.3) is 0 Å². The van der Waals surface area contributed by atoms with Crippen molar-refractivity contribution in [3.63, 3.8) is 0 Å². The molecule has 2 N–H and O–H groups in total. The van der Waals surface area contributed by atoms with Crippen molar-refractivity contribution >= 4 is 12.0 Å². The zero-order valence-electron chi connectivity index (χ0n) is 25.6. The molecule has 7 nitrogen and oxygen atoms in total. The van der Waals surface area contributed by atoms with E-state index < -0.39 is 12.1 Å². The van der Waals surface area contributed by atoms with Crippen LogP contribution in [0.25, 0.3) is 0 Å². The maximum atomic E-state index is 13.4. The smallest absolute Gasteiger partial charge is 0.408 e. The number of nitrogens with one attached hydrogen (secondary N) is 2. The van der Waals surface area contributed by atoms with Gasteiger partial charge in [0, 0.05) is 13.0 Å². The molecule has 0 aromatic heterocycles. The summed E-state index contributed by atoms with van der Waals surface area (Å²) in [6.45, 7) is 1.25. The Morgan fingerprint density at radius 2 is 1.04 bits per heavy atom. The van der Waals surface area contributed by atoms with Gasteiger partial charge in [0.15, 0.2) is 11.5 Å². The summed E-state index contributed by atoms with van der Waals surface area (Å²) in [7, 11) is 0. The second kappa shape index (κ2) is 17.1. The van der Waals surface area contributed by atoms with Crippen LogP contribution in [0.4, 0.5) is 4.79 Å². The zero-order valence-corrected chi connectivity index (χ0v) is 25.6. The Morgan fingerprint density at radius 3 is 1.61 bits per heavy atom. The van der Waals surface area contributed by atoms with E-state index in [9.17, 15) is 9.59 Å². The van der Waals surface area contributed by atoms with E-state index in [-0.39, 0.29) is 18.9 Å². The van der Waals surface area contributed by atoms with E-state index >= 15 is 0 Å². The van der Waals surface area contributed by atoms with E-state index in [1.807, 2.05) is 140 Å². The summed E-state index contributed by atoms with van der Waals surface area (Å²) in [4.78, 5) is 26.3. The highest BCUT2D eigenvalue weighted by Crippen LogP contribution is 2.31. The van der Waals surface area contributed by atoms with E-state index in [0.717, 1.165) is 27.8 Å². The van der Waals surface area contributed by atoms with E-state index in [1.54, 1.807) is 0 Å². The average molecular weight is 615 g/mol. The molecule has 234 valence electrons. The predicted molar refractivity (Wildman–Crippen MR) is 178 cm³/mol. The first kappa shape index (κ1) is 31.9. The number of alkyl carbamates (subject to hydrolysis) is 1. The van der Waals surface area contributed by atoms with Gasteiger partial charge in [0.2, 0.25) is 5.91 Å². The molecule has 0 aliphatic carbocycles. The van der Waals surface area contributed by atoms with Crippen LogP contribution in [0.5, 0.6) is 11.5 Å². The summed E-state index contributed by atoms with van der Waals surface area (Å²) in [6, 6.07) is 43.8. The first-order valence-electron chi connectivity index (χ1n) is 15.4. The molecule has 2 amide bonds. The first-order chi connectivity index (χ1) is 22.6. The predicted octanol–water partition coefficient (Wildman–Crippen LogP) is 7.04. The van der Waals surface area contributed by atoms with Crippen molar-refractivity contribution in [2.75, 3.05) is 6.54 Å². The highest BCUT2D eigenvalue weighted by atomic mass is 16.5. The van der Waals surface area contributed by atoms with Gasteiger partial charge in [0.05, 0.1) is 0 Å². The van der Waals surface area contributed by atoms with Crippen LogP contribution in [-0.4, -0.2) is 24.6 Å². The quantitative estimate of drug-likeness (QED) is 0.132. The molecule has 0 aliphatic rings. The summed E-state index contributed by atoms with van der Waals surface area (Å²) < 4.78 is 17.8. The van der Waals surface area contributed by atoms with E-state index in [2.05, 4.69) is 10.6 Å². The van der Waals surface area contributed by atoms with Crippen molar-refractivity contribution in [3.8, 4) is 11.5 Å². The highest BCUT2D eigenvalue weighted by molar-refractivity contribution is 5.86. The van der Waals surface area contributed by atoms with Crippen molar-refractivity contribution in [2.45, 2.75) is 38.7 Å². The fourth-order valence-electron chi connectivity index (χ4n) is 4.83. The van der Waals surface area contributed by atoms with Crippen LogP contribution >= 0.6 is 0 Å². The molecule has 5 aromatic rings. The third-order valence-corrected chi connectivity index (χ3v) is 7.30. The number of amides is 2. The molecule has 1 atom stereocenters. The van der Waals surface area contributed by atoms with Gasteiger partial charge < -0.3 is 24.8 Å². The molecule has 0 saturated heterocycles. The molecule has 0 radical (unpaired) electrons. The lowest BCUT2D eigenvalue weighted by Crippen LogP contribution is -2.48. The monoisotopic (exact) mass is 614 g/mol. The molecule has 0 heterocycles. The van der Waals surface area contributed by atoms with Crippen molar-refractivity contribution in [3.05, 3.63) is 167 Å². The summed E-state index contributed by atoms with van der Waals surface area (Å²) in [6.07, 6.45) is 0.219. The molecule has 0 unspecified atom stereocenters. The molecule has 46 heavy (non-hydrogen) atoms.